The second-order valence-corrected chi connectivity index (χ2v) is 6.29. The summed E-state index contributed by atoms with van der Waals surface area (Å²) in [5.41, 5.74) is 4.26. The minimum Gasteiger partial charge on any atom is -0.327 e. The summed E-state index contributed by atoms with van der Waals surface area (Å²) in [5.74, 6) is -0.175. The molecule has 0 aliphatic rings. The summed E-state index contributed by atoms with van der Waals surface area (Å²) in [6, 6.07) is 11.5. The van der Waals surface area contributed by atoms with Gasteiger partial charge in [-0.3, -0.25) is 9.59 Å². The lowest BCUT2D eigenvalue weighted by atomic mass is 10.0. The standard InChI is InChI=1S/C18H16N2O2S/c1-11-3-5-13(6-4-11)14-7-8-23-17(14)18(22)20-15-10-19-16(21)9-12(15)2/h3-10H,1-2H3,(H,19,21)(H,20,22). The summed E-state index contributed by atoms with van der Waals surface area (Å²) in [4.78, 5) is 27.1. The molecule has 0 unspecified atom stereocenters. The van der Waals surface area contributed by atoms with E-state index in [1.54, 1.807) is 6.92 Å². The summed E-state index contributed by atoms with van der Waals surface area (Å²) in [6.45, 7) is 3.82. The first-order chi connectivity index (χ1) is 11.0. The van der Waals surface area contributed by atoms with E-state index in [0.717, 1.165) is 16.7 Å². The number of aromatic amines is 1. The maximum atomic E-state index is 12.6. The highest BCUT2D eigenvalue weighted by Gasteiger charge is 2.15. The van der Waals surface area contributed by atoms with Crippen LogP contribution in [0.3, 0.4) is 0 Å². The maximum Gasteiger partial charge on any atom is 0.266 e. The molecule has 0 aliphatic heterocycles. The third-order valence-electron chi connectivity index (χ3n) is 3.61. The summed E-state index contributed by atoms with van der Waals surface area (Å²) >= 11 is 1.40. The topological polar surface area (TPSA) is 62.0 Å². The van der Waals surface area contributed by atoms with E-state index in [9.17, 15) is 9.59 Å². The molecular formula is C18H16N2O2S. The number of anilines is 1. The van der Waals surface area contributed by atoms with Crippen molar-refractivity contribution in [3.05, 3.63) is 74.3 Å². The molecule has 1 amide bonds. The van der Waals surface area contributed by atoms with Crippen LogP contribution in [0.15, 0.2) is 52.8 Å². The number of hydrogen-bond acceptors (Lipinski definition) is 3. The predicted molar refractivity (Wildman–Crippen MR) is 94.2 cm³/mol. The van der Waals surface area contributed by atoms with Gasteiger partial charge >= 0.3 is 0 Å². The second-order valence-electron chi connectivity index (χ2n) is 5.38. The quantitative estimate of drug-likeness (QED) is 0.765. The number of amides is 1. The van der Waals surface area contributed by atoms with E-state index in [1.807, 2.05) is 42.6 Å². The monoisotopic (exact) mass is 324 g/mol. The van der Waals surface area contributed by atoms with Crippen LogP contribution in [0, 0.1) is 13.8 Å². The fourth-order valence-corrected chi connectivity index (χ4v) is 3.14. The number of nitrogens with one attached hydrogen (secondary N) is 2. The number of carbonyl (C=O) groups is 1. The van der Waals surface area contributed by atoms with Crippen LogP contribution in [0.4, 0.5) is 5.69 Å². The zero-order valence-electron chi connectivity index (χ0n) is 12.8. The Morgan fingerprint density at radius 2 is 1.87 bits per heavy atom. The van der Waals surface area contributed by atoms with Crippen molar-refractivity contribution in [2.24, 2.45) is 0 Å². The fourth-order valence-electron chi connectivity index (χ4n) is 2.33. The van der Waals surface area contributed by atoms with Gasteiger partial charge in [0.1, 0.15) is 0 Å². The molecule has 4 nitrogen and oxygen atoms in total. The van der Waals surface area contributed by atoms with E-state index in [1.165, 1.54) is 29.2 Å². The van der Waals surface area contributed by atoms with Crippen LogP contribution in [-0.4, -0.2) is 10.9 Å². The molecule has 2 aromatic heterocycles. The Hall–Kier alpha value is -2.66. The van der Waals surface area contributed by atoms with Crippen LogP contribution in [0.5, 0.6) is 0 Å². The van der Waals surface area contributed by atoms with Crippen molar-refractivity contribution in [2.75, 3.05) is 5.32 Å². The number of carbonyl (C=O) groups excluding carboxylic acids is 1. The first-order valence-corrected chi connectivity index (χ1v) is 8.08. The average Bonchev–Trinajstić information content (AvgIpc) is 3.00. The molecule has 3 rings (SSSR count). The van der Waals surface area contributed by atoms with Gasteiger partial charge < -0.3 is 10.3 Å². The van der Waals surface area contributed by atoms with Gasteiger partial charge in [-0.15, -0.1) is 11.3 Å². The van der Waals surface area contributed by atoms with Crippen LogP contribution >= 0.6 is 11.3 Å². The molecule has 0 fully saturated rings. The van der Waals surface area contributed by atoms with E-state index in [4.69, 9.17) is 0 Å². The summed E-state index contributed by atoms with van der Waals surface area (Å²) < 4.78 is 0. The van der Waals surface area contributed by atoms with Crippen molar-refractivity contribution >= 4 is 22.9 Å². The highest BCUT2D eigenvalue weighted by molar-refractivity contribution is 7.12. The summed E-state index contributed by atoms with van der Waals surface area (Å²) in [7, 11) is 0. The van der Waals surface area contributed by atoms with Crippen LogP contribution in [0.1, 0.15) is 20.8 Å². The third-order valence-corrected chi connectivity index (χ3v) is 4.53. The first-order valence-electron chi connectivity index (χ1n) is 7.20. The molecule has 0 spiro atoms. The van der Waals surface area contributed by atoms with Gasteiger partial charge in [0.2, 0.25) is 5.56 Å². The highest BCUT2D eigenvalue weighted by atomic mass is 32.1. The van der Waals surface area contributed by atoms with Crippen molar-refractivity contribution < 1.29 is 4.79 Å². The van der Waals surface area contributed by atoms with E-state index >= 15 is 0 Å². The van der Waals surface area contributed by atoms with Crippen LogP contribution in [-0.2, 0) is 0 Å². The zero-order chi connectivity index (χ0) is 16.4. The predicted octanol–water partition coefficient (Wildman–Crippen LogP) is 3.97. The van der Waals surface area contributed by atoms with E-state index in [2.05, 4.69) is 10.3 Å². The van der Waals surface area contributed by atoms with Crippen molar-refractivity contribution in [3.63, 3.8) is 0 Å². The molecule has 23 heavy (non-hydrogen) atoms. The molecule has 0 bridgehead atoms. The van der Waals surface area contributed by atoms with Gasteiger partial charge in [0.25, 0.3) is 5.91 Å². The van der Waals surface area contributed by atoms with Gasteiger partial charge in [0, 0.05) is 17.8 Å². The van der Waals surface area contributed by atoms with Crippen molar-refractivity contribution in [1.29, 1.82) is 0 Å². The number of rotatable bonds is 3. The number of benzene rings is 1. The third kappa shape index (κ3) is 3.24. The van der Waals surface area contributed by atoms with E-state index < -0.39 is 0 Å². The molecule has 1 aromatic carbocycles. The lowest BCUT2D eigenvalue weighted by Gasteiger charge is -2.08. The molecule has 3 aromatic rings. The Kier molecular flexibility index (Phi) is 4.12. The molecule has 116 valence electrons. The number of thiophene rings is 1. The fraction of sp³-hybridized carbons (Fsp3) is 0.111. The Morgan fingerprint density at radius 1 is 1.13 bits per heavy atom. The van der Waals surface area contributed by atoms with Gasteiger partial charge in [-0.05, 0) is 36.4 Å². The molecule has 0 radical (unpaired) electrons. The van der Waals surface area contributed by atoms with Gasteiger partial charge in [-0.25, -0.2) is 0 Å². The smallest absolute Gasteiger partial charge is 0.266 e. The van der Waals surface area contributed by atoms with Crippen LogP contribution < -0.4 is 10.9 Å². The van der Waals surface area contributed by atoms with E-state index in [0.29, 0.717) is 10.6 Å². The first kappa shape index (κ1) is 15.2. The number of hydrogen-bond donors (Lipinski definition) is 2. The summed E-state index contributed by atoms with van der Waals surface area (Å²) in [6.07, 6.45) is 1.52. The minimum atomic E-state index is -0.183. The highest BCUT2D eigenvalue weighted by Crippen LogP contribution is 2.29. The van der Waals surface area contributed by atoms with Crippen molar-refractivity contribution in [3.8, 4) is 11.1 Å². The minimum absolute atomic E-state index is 0.175. The number of pyridine rings is 1. The number of H-pyrrole nitrogens is 1. The molecule has 0 saturated heterocycles. The lowest BCUT2D eigenvalue weighted by molar-refractivity contribution is 0.103. The Labute approximate surface area is 137 Å². The summed E-state index contributed by atoms with van der Waals surface area (Å²) in [5, 5.41) is 4.77. The largest absolute Gasteiger partial charge is 0.327 e. The maximum absolute atomic E-state index is 12.6. The molecule has 2 N–H and O–H groups in total. The Bertz CT molecular complexity index is 907. The van der Waals surface area contributed by atoms with E-state index in [-0.39, 0.29) is 11.5 Å². The Balaban J connectivity index is 1.90. The second kappa shape index (κ2) is 6.22. The molecule has 0 atom stereocenters. The van der Waals surface area contributed by atoms with Crippen LogP contribution in [0.25, 0.3) is 11.1 Å². The number of aromatic nitrogens is 1. The molecule has 0 saturated carbocycles. The SMILES string of the molecule is Cc1ccc(-c2ccsc2C(=O)Nc2c[nH]c(=O)cc2C)cc1. The molecule has 5 heteroatoms. The van der Waals surface area contributed by atoms with Crippen molar-refractivity contribution in [2.45, 2.75) is 13.8 Å². The Morgan fingerprint density at radius 3 is 2.57 bits per heavy atom. The zero-order valence-corrected chi connectivity index (χ0v) is 13.7. The van der Waals surface area contributed by atoms with Crippen molar-refractivity contribution in [1.82, 2.24) is 4.98 Å². The van der Waals surface area contributed by atoms with Gasteiger partial charge in [0.15, 0.2) is 0 Å². The number of aryl methyl sites for hydroxylation is 2. The lowest BCUT2D eigenvalue weighted by Crippen LogP contribution is -2.14. The molecule has 0 aliphatic carbocycles. The normalized spacial score (nSPS) is 10.5. The van der Waals surface area contributed by atoms with Gasteiger partial charge in [-0.1, -0.05) is 29.8 Å². The van der Waals surface area contributed by atoms with Gasteiger partial charge in [-0.2, -0.15) is 0 Å². The molecule has 2 heterocycles. The van der Waals surface area contributed by atoms with Gasteiger partial charge in [0.05, 0.1) is 10.6 Å². The van der Waals surface area contributed by atoms with Crippen LogP contribution in [0.2, 0.25) is 0 Å². The molecular weight excluding hydrogens is 308 g/mol. The average molecular weight is 324 g/mol.